The van der Waals surface area contributed by atoms with E-state index in [0.29, 0.717) is 5.92 Å². The van der Waals surface area contributed by atoms with Crippen LogP contribution in [-0.4, -0.2) is 29.8 Å². The largest absolute Gasteiger partial charge is 0.355 e. The molecule has 2 saturated carbocycles. The highest BCUT2D eigenvalue weighted by molar-refractivity contribution is 5.38. The first-order valence-corrected chi connectivity index (χ1v) is 8.49. The molecule has 21 heavy (non-hydrogen) atoms. The lowest BCUT2D eigenvalue weighted by molar-refractivity contribution is 0.545. The fraction of sp³-hybridized carbons (Fsp3) is 0.765. The summed E-state index contributed by atoms with van der Waals surface area (Å²) in [5.74, 6) is 3.54. The second-order valence-corrected chi connectivity index (χ2v) is 7.20. The predicted octanol–water partition coefficient (Wildman–Crippen LogP) is 2.85. The third-order valence-electron chi connectivity index (χ3n) is 4.24. The van der Waals surface area contributed by atoms with Gasteiger partial charge in [0.05, 0.1) is 5.69 Å². The fourth-order valence-corrected chi connectivity index (χ4v) is 2.59. The van der Waals surface area contributed by atoms with Gasteiger partial charge in [-0.15, -0.1) is 5.10 Å². The Labute approximate surface area is 128 Å². The standard InChI is InChI=1S/C17H28N4/c1-13(2)9-18-10-16-7-8-17(20-19-16)21(11-14-3-4-14)12-15-5-6-15/h7-8,13-15,18H,3-6,9-12H2,1-2H3. The van der Waals surface area contributed by atoms with Gasteiger partial charge in [0, 0.05) is 19.6 Å². The van der Waals surface area contributed by atoms with Crippen LogP contribution in [0, 0.1) is 17.8 Å². The van der Waals surface area contributed by atoms with Gasteiger partial charge in [0.2, 0.25) is 0 Å². The molecule has 1 N–H and O–H groups in total. The predicted molar refractivity (Wildman–Crippen MR) is 86.2 cm³/mol. The quantitative estimate of drug-likeness (QED) is 0.758. The fourth-order valence-electron chi connectivity index (χ4n) is 2.59. The summed E-state index contributed by atoms with van der Waals surface area (Å²) in [6.45, 7) is 8.63. The molecule has 0 aromatic carbocycles. The van der Waals surface area contributed by atoms with Crippen LogP contribution in [0.2, 0.25) is 0 Å². The smallest absolute Gasteiger partial charge is 0.151 e. The summed E-state index contributed by atoms with van der Waals surface area (Å²) in [6, 6.07) is 4.28. The summed E-state index contributed by atoms with van der Waals surface area (Å²) < 4.78 is 0. The summed E-state index contributed by atoms with van der Waals surface area (Å²) >= 11 is 0. The van der Waals surface area contributed by atoms with E-state index in [4.69, 9.17) is 0 Å². The lowest BCUT2D eigenvalue weighted by Gasteiger charge is -2.23. The molecular formula is C17H28N4. The van der Waals surface area contributed by atoms with Gasteiger partial charge in [0.15, 0.2) is 5.82 Å². The minimum Gasteiger partial charge on any atom is -0.355 e. The minimum absolute atomic E-state index is 0.671. The molecule has 1 heterocycles. The zero-order valence-corrected chi connectivity index (χ0v) is 13.4. The van der Waals surface area contributed by atoms with E-state index in [-0.39, 0.29) is 0 Å². The van der Waals surface area contributed by atoms with Crippen LogP contribution in [0.15, 0.2) is 12.1 Å². The lowest BCUT2D eigenvalue weighted by atomic mass is 10.2. The van der Waals surface area contributed by atoms with Crippen molar-refractivity contribution in [3.8, 4) is 0 Å². The van der Waals surface area contributed by atoms with Crippen LogP contribution in [0.3, 0.4) is 0 Å². The van der Waals surface area contributed by atoms with E-state index in [1.807, 2.05) is 0 Å². The maximum Gasteiger partial charge on any atom is 0.151 e. The molecule has 0 spiro atoms. The molecular weight excluding hydrogens is 260 g/mol. The van der Waals surface area contributed by atoms with Crippen molar-refractivity contribution >= 4 is 5.82 Å². The molecule has 0 atom stereocenters. The zero-order chi connectivity index (χ0) is 14.7. The first-order chi connectivity index (χ1) is 10.2. The minimum atomic E-state index is 0.671. The highest BCUT2D eigenvalue weighted by atomic mass is 15.3. The second kappa shape index (κ2) is 6.73. The molecule has 0 radical (unpaired) electrons. The van der Waals surface area contributed by atoms with E-state index < -0.39 is 0 Å². The number of hydrogen-bond acceptors (Lipinski definition) is 4. The van der Waals surface area contributed by atoms with Crippen molar-refractivity contribution in [2.24, 2.45) is 17.8 Å². The molecule has 4 nitrogen and oxygen atoms in total. The Morgan fingerprint density at radius 1 is 1.10 bits per heavy atom. The molecule has 1 aromatic heterocycles. The number of nitrogens with one attached hydrogen (secondary N) is 1. The van der Waals surface area contributed by atoms with E-state index >= 15 is 0 Å². The topological polar surface area (TPSA) is 41.0 Å². The Bertz CT molecular complexity index is 421. The number of rotatable bonds is 9. The molecule has 0 unspecified atom stereocenters. The Morgan fingerprint density at radius 3 is 2.24 bits per heavy atom. The van der Waals surface area contributed by atoms with Gasteiger partial charge < -0.3 is 10.2 Å². The van der Waals surface area contributed by atoms with E-state index in [0.717, 1.165) is 36.4 Å². The van der Waals surface area contributed by atoms with Gasteiger partial charge in [-0.1, -0.05) is 13.8 Å². The zero-order valence-electron chi connectivity index (χ0n) is 13.4. The number of anilines is 1. The van der Waals surface area contributed by atoms with Gasteiger partial charge in [0.25, 0.3) is 0 Å². The van der Waals surface area contributed by atoms with Gasteiger partial charge in [-0.3, -0.25) is 0 Å². The normalized spacial score (nSPS) is 18.2. The van der Waals surface area contributed by atoms with E-state index in [1.54, 1.807) is 0 Å². The third-order valence-corrected chi connectivity index (χ3v) is 4.24. The van der Waals surface area contributed by atoms with Crippen molar-refractivity contribution in [1.29, 1.82) is 0 Å². The summed E-state index contributed by atoms with van der Waals surface area (Å²) in [5, 5.41) is 12.3. The molecule has 0 bridgehead atoms. The summed E-state index contributed by atoms with van der Waals surface area (Å²) in [7, 11) is 0. The first-order valence-electron chi connectivity index (χ1n) is 8.49. The van der Waals surface area contributed by atoms with Crippen molar-refractivity contribution < 1.29 is 0 Å². The SMILES string of the molecule is CC(C)CNCc1ccc(N(CC2CC2)CC2CC2)nn1. The van der Waals surface area contributed by atoms with Crippen LogP contribution in [-0.2, 0) is 6.54 Å². The molecule has 0 saturated heterocycles. The molecule has 2 aliphatic carbocycles. The highest BCUT2D eigenvalue weighted by Crippen LogP contribution is 2.35. The molecule has 3 rings (SSSR count). The Hall–Kier alpha value is -1.16. The number of aromatic nitrogens is 2. The monoisotopic (exact) mass is 288 g/mol. The van der Waals surface area contributed by atoms with Crippen LogP contribution in [0.1, 0.15) is 45.2 Å². The maximum absolute atomic E-state index is 4.47. The first kappa shape index (κ1) is 14.8. The lowest BCUT2D eigenvalue weighted by Crippen LogP contribution is -2.29. The summed E-state index contributed by atoms with van der Waals surface area (Å²) in [6.07, 6.45) is 5.58. The Kier molecular flexibility index (Phi) is 4.73. The van der Waals surface area contributed by atoms with Crippen LogP contribution in [0.25, 0.3) is 0 Å². The van der Waals surface area contributed by atoms with Crippen molar-refractivity contribution in [3.05, 3.63) is 17.8 Å². The van der Waals surface area contributed by atoms with Gasteiger partial charge in [-0.2, -0.15) is 5.10 Å². The molecule has 116 valence electrons. The molecule has 0 amide bonds. The Balaban J connectivity index is 1.54. The number of hydrogen-bond donors (Lipinski definition) is 1. The molecule has 2 fully saturated rings. The van der Waals surface area contributed by atoms with Gasteiger partial charge >= 0.3 is 0 Å². The van der Waals surface area contributed by atoms with Crippen molar-refractivity contribution in [3.63, 3.8) is 0 Å². The van der Waals surface area contributed by atoms with Gasteiger partial charge in [-0.25, -0.2) is 0 Å². The van der Waals surface area contributed by atoms with Crippen LogP contribution >= 0.6 is 0 Å². The van der Waals surface area contributed by atoms with Gasteiger partial charge in [0.1, 0.15) is 0 Å². The average molecular weight is 288 g/mol. The van der Waals surface area contributed by atoms with E-state index in [1.165, 1.54) is 38.8 Å². The average Bonchev–Trinajstić information content (AvgIpc) is 3.34. The van der Waals surface area contributed by atoms with Crippen molar-refractivity contribution in [2.75, 3.05) is 24.5 Å². The molecule has 1 aromatic rings. The van der Waals surface area contributed by atoms with Crippen molar-refractivity contribution in [2.45, 2.75) is 46.1 Å². The second-order valence-electron chi connectivity index (χ2n) is 7.20. The van der Waals surface area contributed by atoms with E-state index in [9.17, 15) is 0 Å². The Morgan fingerprint density at radius 2 is 1.76 bits per heavy atom. The third kappa shape index (κ3) is 4.95. The van der Waals surface area contributed by atoms with Crippen LogP contribution in [0.5, 0.6) is 0 Å². The van der Waals surface area contributed by atoms with Crippen molar-refractivity contribution in [1.82, 2.24) is 15.5 Å². The molecule has 0 aliphatic heterocycles. The molecule has 4 heteroatoms. The summed E-state index contributed by atoms with van der Waals surface area (Å²) in [5.41, 5.74) is 1.04. The van der Waals surface area contributed by atoms with Gasteiger partial charge in [-0.05, 0) is 62.1 Å². The highest BCUT2D eigenvalue weighted by Gasteiger charge is 2.29. The van der Waals surface area contributed by atoms with Crippen LogP contribution < -0.4 is 10.2 Å². The van der Waals surface area contributed by atoms with Crippen LogP contribution in [0.4, 0.5) is 5.82 Å². The summed E-state index contributed by atoms with van der Waals surface area (Å²) in [4.78, 5) is 2.47. The maximum atomic E-state index is 4.47. The van der Waals surface area contributed by atoms with E-state index in [2.05, 4.69) is 46.4 Å². The molecule has 2 aliphatic rings. The number of nitrogens with zero attached hydrogens (tertiary/aromatic N) is 3.